The van der Waals surface area contributed by atoms with Gasteiger partial charge in [0.1, 0.15) is 0 Å². The summed E-state index contributed by atoms with van der Waals surface area (Å²) in [6.45, 7) is 18.1. The van der Waals surface area contributed by atoms with Gasteiger partial charge in [0.05, 0.1) is 0 Å². The third kappa shape index (κ3) is 4.27. The number of terminal acetylenes is 1. The van der Waals surface area contributed by atoms with Crippen LogP contribution in [0.3, 0.4) is 0 Å². The molecule has 0 saturated heterocycles. The second kappa shape index (κ2) is 8.59. The summed E-state index contributed by atoms with van der Waals surface area (Å²) in [6.07, 6.45) is 6.60. The third-order valence-electron chi connectivity index (χ3n) is 5.06. The first-order valence-electron chi connectivity index (χ1n) is 9.16. The summed E-state index contributed by atoms with van der Waals surface area (Å²) in [5, 5.41) is 0. The molecule has 26 heavy (non-hydrogen) atoms. The smallest absolute Gasteiger partial charge is 0.0478 e. The van der Waals surface area contributed by atoms with Crippen LogP contribution >= 0.6 is 0 Å². The molecule has 0 spiro atoms. The van der Waals surface area contributed by atoms with Crippen LogP contribution in [0.4, 0.5) is 5.69 Å². The van der Waals surface area contributed by atoms with E-state index in [1.54, 1.807) is 0 Å². The summed E-state index contributed by atoms with van der Waals surface area (Å²) in [6, 6.07) is 14.5. The normalized spacial score (nSPS) is 11.5. The summed E-state index contributed by atoms with van der Waals surface area (Å²) in [7, 11) is 0. The van der Waals surface area contributed by atoms with E-state index in [2.05, 4.69) is 88.1 Å². The molecule has 2 aromatic rings. The predicted octanol–water partition coefficient (Wildman–Crippen LogP) is 6.36. The SMILES string of the molecule is C#Cc1ccc(N(CC(=C)c2ccccc2C)C(=C)[C@@H](C)CC)c(C)c1. The van der Waals surface area contributed by atoms with Crippen LogP contribution in [-0.2, 0) is 0 Å². The van der Waals surface area contributed by atoms with Crippen molar-refractivity contribution in [2.45, 2.75) is 34.1 Å². The van der Waals surface area contributed by atoms with Gasteiger partial charge in [-0.25, -0.2) is 0 Å². The second-order valence-electron chi connectivity index (χ2n) is 6.95. The van der Waals surface area contributed by atoms with Gasteiger partial charge < -0.3 is 4.90 Å². The van der Waals surface area contributed by atoms with E-state index in [4.69, 9.17) is 6.42 Å². The first-order valence-corrected chi connectivity index (χ1v) is 9.16. The molecule has 0 heterocycles. The monoisotopic (exact) mass is 343 g/mol. The fourth-order valence-electron chi connectivity index (χ4n) is 3.14. The lowest BCUT2D eigenvalue weighted by Crippen LogP contribution is -2.28. The minimum atomic E-state index is 0.395. The molecule has 0 N–H and O–H groups in total. The molecule has 0 amide bonds. The second-order valence-corrected chi connectivity index (χ2v) is 6.95. The summed E-state index contributed by atoms with van der Waals surface area (Å²) < 4.78 is 0. The molecule has 0 radical (unpaired) electrons. The highest BCUT2D eigenvalue weighted by Crippen LogP contribution is 2.31. The highest BCUT2D eigenvalue weighted by atomic mass is 15.1. The molecule has 1 nitrogen and oxygen atoms in total. The number of allylic oxidation sites excluding steroid dienone is 1. The molecule has 0 aromatic heterocycles. The highest BCUT2D eigenvalue weighted by molar-refractivity contribution is 5.73. The van der Waals surface area contributed by atoms with E-state index in [-0.39, 0.29) is 0 Å². The molecule has 1 atom stereocenters. The average molecular weight is 344 g/mol. The number of nitrogens with zero attached hydrogens (tertiary/aromatic N) is 1. The summed E-state index contributed by atoms with van der Waals surface area (Å²) >= 11 is 0. The van der Waals surface area contributed by atoms with Crippen LogP contribution < -0.4 is 4.90 Å². The van der Waals surface area contributed by atoms with E-state index in [9.17, 15) is 0 Å². The molecule has 0 aliphatic rings. The maximum absolute atomic E-state index is 5.55. The van der Waals surface area contributed by atoms with Gasteiger partial charge in [-0.05, 0) is 66.6 Å². The topological polar surface area (TPSA) is 3.24 Å². The first-order chi connectivity index (χ1) is 12.4. The zero-order chi connectivity index (χ0) is 19.3. The van der Waals surface area contributed by atoms with Crippen molar-refractivity contribution in [1.29, 1.82) is 0 Å². The van der Waals surface area contributed by atoms with Gasteiger partial charge in [-0.1, -0.05) is 57.2 Å². The lowest BCUT2D eigenvalue weighted by molar-refractivity contribution is 0.632. The van der Waals surface area contributed by atoms with Crippen LogP contribution in [0.5, 0.6) is 0 Å². The molecule has 0 aliphatic carbocycles. The van der Waals surface area contributed by atoms with Crippen LogP contribution in [-0.4, -0.2) is 6.54 Å². The highest BCUT2D eigenvalue weighted by Gasteiger charge is 2.19. The summed E-state index contributed by atoms with van der Waals surface area (Å²) in [4.78, 5) is 2.29. The number of benzene rings is 2. The van der Waals surface area contributed by atoms with Crippen molar-refractivity contribution < 1.29 is 0 Å². The molecule has 0 aliphatic heterocycles. The van der Waals surface area contributed by atoms with Crippen LogP contribution in [0.15, 0.2) is 61.3 Å². The van der Waals surface area contributed by atoms with Crippen molar-refractivity contribution in [3.8, 4) is 12.3 Å². The fraction of sp³-hybridized carbons (Fsp3) is 0.280. The Morgan fingerprint density at radius 1 is 1.12 bits per heavy atom. The van der Waals surface area contributed by atoms with Gasteiger partial charge in [-0.2, -0.15) is 0 Å². The van der Waals surface area contributed by atoms with E-state index in [1.165, 1.54) is 11.1 Å². The van der Waals surface area contributed by atoms with E-state index >= 15 is 0 Å². The van der Waals surface area contributed by atoms with Gasteiger partial charge in [-0.15, -0.1) is 6.42 Å². The molecular formula is C25H29N. The van der Waals surface area contributed by atoms with Crippen molar-refractivity contribution in [3.63, 3.8) is 0 Å². The van der Waals surface area contributed by atoms with Gasteiger partial charge in [0.25, 0.3) is 0 Å². The minimum absolute atomic E-state index is 0.395. The van der Waals surface area contributed by atoms with Crippen LogP contribution in [0.2, 0.25) is 0 Å². The Bertz CT molecular complexity index is 851. The molecule has 0 bridgehead atoms. The van der Waals surface area contributed by atoms with Crippen LogP contribution in [0, 0.1) is 32.1 Å². The fourth-order valence-corrected chi connectivity index (χ4v) is 3.14. The van der Waals surface area contributed by atoms with Gasteiger partial charge >= 0.3 is 0 Å². The van der Waals surface area contributed by atoms with Crippen molar-refractivity contribution in [2.75, 3.05) is 11.4 Å². The number of aryl methyl sites for hydroxylation is 2. The van der Waals surface area contributed by atoms with Crippen LogP contribution in [0.1, 0.15) is 42.5 Å². The molecular weight excluding hydrogens is 314 g/mol. The molecule has 2 aromatic carbocycles. The van der Waals surface area contributed by atoms with Gasteiger partial charge in [0.15, 0.2) is 0 Å². The Kier molecular flexibility index (Phi) is 6.47. The predicted molar refractivity (Wildman–Crippen MR) is 115 cm³/mol. The summed E-state index contributed by atoms with van der Waals surface area (Å²) in [5.74, 6) is 3.11. The zero-order valence-corrected chi connectivity index (χ0v) is 16.5. The Labute approximate surface area is 159 Å². The van der Waals surface area contributed by atoms with E-state index < -0.39 is 0 Å². The molecule has 1 heteroatoms. The number of rotatable bonds is 7. The Morgan fingerprint density at radius 3 is 2.38 bits per heavy atom. The lowest BCUT2D eigenvalue weighted by atomic mass is 9.98. The molecule has 2 rings (SSSR count). The van der Waals surface area contributed by atoms with Gasteiger partial charge in [-0.3, -0.25) is 0 Å². The van der Waals surface area contributed by atoms with E-state index in [0.717, 1.165) is 34.5 Å². The quantitative estimate of drug-likeness (QED) is 0.528. The van der Waals surface area contributed by atoms with Gasteiger partial charge in [0, 0.05) is 23.5 Å². The minimum Gasteiger partial charge on any atom is -0.341 e. The van der Waals surface area contributed by atoms with Crippen molar-refractivity contribution in [2.24, 2.45) is 5.92 Å². The van der Waals surface area contributed by atoms with Crippen LogP contribution in [0.25, 0.3) is 5.57 Å². The molecule has 134 valence electrons. The molecule has 0 saturated carbocycles. The van der Waals surface area contributed by atoms with E-state index in [1.807, 2.05) is 6.07 Å². The summed E-state index contributed by atoms with van der Waals surface area (Å²) in [5.41, 5.74) is 7.84. The Morgan fingerprint density at radius 2 is 1.81 bits per heavy atom. The lowest BCUT2D eigenvalue weighted by Gasteiger charge is -2.32. The average Bonchev–Trinajstić information content (AvgIpc) is 2.65. The van der Waals surface area contributed by atoms with Crippen molar-refractivity contribution in [3.05, 3.63) is 83.6 Å². The zero-order valence-electron chi connectivity index (χ0n) is 16.5. The third-order valence-corrected chi connectivity index (χ3v) is 5.06. The molecule has 0 fully saturated rings. The standard InChI is InChI=1S/C25H29N/c1-8-18(3)22(7)26(25-15-14-23(9-2)16-20(25)5)17-21(6)24-13-11-10-12-19(24)4/h2,10-16,18H,6-8,17H2,1,3-5H3/t18-/m0/s1. The van der Waals surface area contributed by atoms with Crippen molar-refractivity contribution in [1.82, 2.24) is 0 Å². The van der Waals surface area contributed by atoms with Gasteiger partial charge in [0.2, 0.25) is 0 Å². The number of hydrogen-bond donors (Lipinski definition) is 0. The van der Waals surface area contributed by atoms with Crippen molar-refractivity contribution >= 4 is 11.3 Å². The number of anilines is 1. The molecule has 0 unspecified atom stereocenters. The Balaban J connectivity index is 2.42. The largest absolute Gasteiger partial charge is 0.341 e. The maximum atomic E-state index is 5.55. The Hall–Kier alpha value is -2.72. The number of hydrogen-bond acceptors (Lipinski definition) is 1. The van der Waals surface area contributed by atoms with E-state index in [0.29, 0.717) is 12.5 Å². The maximum Gasteiger partial charge on any atom is 0.0478 e. The first kappa shape index (κ1) is 19.6.